The van der Waals surface area contributed by atoms with Gasteiger partial charge in [-0.15, -0.1) is 0 Å². The Morgan fingerprint density at radius 3 is 2.38 bits per heavy atom. The summed E-state index contributed by atoms with van der Waals surface area (Å²) in [4.78, 5) is 0. The minimum absolute atomic E-state index is 0.620. The molecule has 1 aliphatic carbocycles. The average molecular weight is 308 g/mol. The van der Waals surface area contributed by atoms with Crippen LogP contribution in [0.3, 0.4) is 0 Å². The third-order valence-corrected chi connectivity index (χ3v) is 4.92. The molecule has 1 aliphatic rings. The van der Waals surface area contributed by atoms with E-state index in [1.807, 2.05) is 12.1 Å². The Morgan fingerprint density at radius 1 is 1.10 bits per heavy atom. The van der Waals surface area contributed by atoms with Crippen LogP contribution in [-0.2, 0) is 6.42 Å². The molecule has 2 heteroatoms. The van der Waals surface area contributed by atoms with E-state index in [2.05, 4.69) is 24.4 Å². The molecule has 1 nitrogen and oxygen atoms in total. The van der Waals surface area contributed by atoms with Gasteiger partial charge in [0.2, 0.25) is 0 Å². The first-order valence-electron chi connectivity index (χ1n) is 8.75. The molecule has 0 saturated heterocycles. The van der Waals surface area contributed by atoms with Crippen molar-refractivity contribution in [2.24, 2.45) is 5.92 Å². The van der Waals surface area contributed by atoms with Crippen LogP contribution < -0.4 is 5.32 Å². The maximum atomic E-state index is 5.99. The van der Waals surface area contributed by atoms with Gasteiger partial charge in [-0.05, 0) is 49.4 Å². The van der Waals surface area contributed by atoms with Crippen molar-refractivity contribution < 1.29 is 0 Å². The molecule has 0 aliphatic heterocycles. The van der Waals surface area contributed by atoms with Crippen molar-refractivity contribution in [2.75, 3.05) is 6.54 Å². The molecule has 1 saturated carbocycles. The van der Waals surface area contributed by atoms with Gasteiger partial charge in [0, 0.05) is 11.1 Å². The third-order valence-electron chi connectivity index (χ3n) is 4.67. The molecule has 1 fully saturated rings. The lowest BCUT2D eigenvalue weighted by Crippen LogP contribution is -2.33. The third kappa shape index (κ3) is 6.40. The average Bonchev–Trinajstić information content (AvgIpc) is 2.76. The summed E-state index contributed by atoms with van der Waals surface area (Å²) in [5.41, 5.74) is 1.40. The molecule has 0 bridgehead atoms. The van der Waals surface area contributed by atoms with Crippen LogP contribution in [0.4, 0.5) is 0 Å². The van der Waals surface area contributed by atoms with Gasteiger partial charge in [0.15, 0.2) is 0 Å². The molecule has 0 spiro atoms. The molecule has 1 aromatic carbocycles. The summed E-state index contributed by atoms with van der Waals surface area (Å²) in [5, 5.41) is 4.60. The van der Waals surface area contributed by atoms with Crippen molar-refractivity contribution in [3.05, 3.63) is 34.9 Å². The largest absolute Gasteiger partial charge is 0.314 e. The minimum Gasteiger partial charge on any atom is -0.314 e. The topological polar surface area (TPSA) is 12.0 Å². The second-order valence-corrected chi connectivity index (χ2v) is 7.01. The van der Waals surface area contributed by atoms with Gasteiger partial charge in [0.25, 0.3) is 0 Å². The molecule has 0 heterocycles. The molecule has 1 aromatic rings. The van der Waals surface area contributed by atoms with Gasteiger partial charge in [0.1, 0.15) is 0 Å². The standard InChI is InChI=1S/C19H30ClN/c1-2-13-21-19(14-16-7-5-3-4-6-8-16)15-17-9-11-18(20)12-10-17/h9-12,16,19,21H,2-8,13-15H2,1H3. The van der Waals surface area contributed by atoms with E-state index in [1.165, 1.54) is 56.9 Å². The highest BCUT2D eigenvalue weighted by atomic mass is 35.5. The molecular formula is C19H30ClN. The summed E-state index contributed by atoms with van der Waals surface area (Å²) in [6.07, 6.45) is 12.3. The van der Waals surface area contributed by atoms with E-state index in [0.29, 0.717) is 6.04 Å². The van der Waals surface area contributed by atoms with Gasteiger partial charge < -0.3 is 5.32 Å². The maximum Gasteiger partial charge on any atom is 0.0406 e. The molecule has 118 valence electrons. The van der Waals surface area contributed by atoms with Crippen molar-refractivity contribution in [1.82, 2.24) is 5.32 Å². The van der Waals surface area contributed by atoms with E-state index in [1.54, 1.807) is 0 Å². The highest BCUT2D eigenvalue weighted by Gasteiger charge is 2.18. The Morgan fingerprint density at radius 2 is 1.76 bits per heavy atom. The first-order chi connectivity index (χ1) is 10.3. The van der Waals surface area contributed by atoms with E-state index in [9.17, 15) is 0 Å². The molecule has 1 unspecified atom stereocenters. The van der Waals surface area contributed by atoms with Crippen molar-refractivity contribution >= 4 is 11.6 Å². The lowest BCUT2D eigenvalue weighted by molar-refractivity contribution is 0.349. The minimum atomic E-state index is 0.620. The summed E-state index contributed by atoms with van der Waals surface area (Å²) in [6, 6.07) is 9.00. The van der Waals surface area contributed by atoms with Crippen molar-refractivity contribution in [2.45, 2.75) is 70.8 Å². The molecular weight excluding hydrogens is 278 g/mol. The Hall–Kier alpha value is -0.530. The van der Waals surface area contributed by atoms with Gasteiger partial charge >= 0.3 is 0 Å². The van der Waals surface area contributed by atoms with Crippen LogP contribution in [0.25, 0.3) is 0 Å². The number of hydrogen-bond donors (Lipinski definition) is 1. The van der Waals surface area contributed by atoms with Crippen LogP contribution in [0.5, 0.6) is 0 Å². The van der Waals surface area contributed by atoms with Crippen LogP contribution in [-0.4, -0.2) is 12.6 Å². The molecule has 0 radical (unpaired) electrons. The fourth-order valence-electron chi connectivity index (χ4n) is 3.49. The van der Waals surface area contributed by atoms with Crippen LogP contribution in [0.1, 0.15) is 63.9 Å². The Bertz CT molecular complexity index is 379. The van der Waals surface area contributed by atoms with E-state index in [-0.39, 0.29) is 0 Å². The highest BCUT2D eigenvalue weighted by molar-refractivity contribution is 6.30. The molecule has 1 N–H and O–H groups in total. The summed E-state index contributed by atoms with van der Waals surface area (Å²) in [5.74, 6) is 0.925. The smallest absolute Gasteiger partial charge is 0.0406 e. The Balaban J connectivity index is 1.91. The monoisotopic (exact) mass is 307 g/mol. The van der Waals surface area contributed by atoms with E-state index >= 15 is 0 Å². The molecule has 0 amide bonds. The second-order valence-electron chi connectivity index (χ2n) is 6.57. The summed E-state index contributed by atoms with van der Waals surface area (Å²) in [6.45, 7) is 3.38. The summed E-state index contributed by atoms with van der Waals surface area (Å²) >= 11 is 5.99. The van der Waals surface area contributed by atoms with Crippen LogP contribution in [0.2, 0.25) is 5.02 Å². The normalized spacial score (nSPS) is 18.4. The lowest BCUT2D eigenvalue weighted by atomic mass is 9.90. The number of rotatable bonds is 7. The van der Waals surface area contributed by atoms with Crippen molar-refractivity contribution in [3.63, 3.8) is 0 Å². The first-order valence-corrected chi connectivity index (χ1v) is 9.13. The predicted molar refractivity (Wildman–Crippen MR) is 93.0 cm³/mol. The second kappa shape index (κ2) is 9.48. The number of nitrogens with one attached hydrogen (secondary N) is 1. The van der Waals surface area contributed by atoms with Crippen molar-refractivity contribution in [1.29, 1.82) is 0 Å². The fraction of sp³-hybridized carbons (Fsp3) is 0.684. The quantitative estimate of drug-likeness (QED) is 0.645. The predicted octanol–water partition coefficient (Wildman–Crippen LogP) is 5.61. The first kappa shape index (κ1) is 16.8. The van der Waals surface area contributed by atoms with Gasteiger partial charge in [-0.25, -0.2) is 0 Å². The molecule has 0 aromatic heterocycles. The van der Waals surface area contributed by atoms with Gasteiger partial charge in [0.05, 0.1) is 0 Å². The zero-order valence-corrected chi connectivity index (χ0v) is 14.2. The van der Waals surface area contributed by atoms with Crippen LogP contribution >= 0.6 is 11.6 Å². The zero-order valence-electron chi connectivity index (χ0n) is 13.4. The summed E-state index contributed by atoms with van der Waals surface area (Å²) in [7, 11) is 0. The van der Waals surface area contributed by atoms with Gasteiger partial charge in [-0.1, -0.05) is 69.2 Å². The maximum absolute atomic E-state index is 5.99. The molecule has 21 heavy (non-hydrogen) atoms. The fourth-order valence-corrected chi connectivity index (χ4v) is 3.62. The summed E-state index contributed by atoms with van der Waals surface area (Å²) < 4.78 is 0. The number of benzene rings is 1. The van der Waals surface area contributed by atoms with Crippen LogP contribution in [0.15, 0.2) is 24.3 Å². The Labute approximate surface area is 135 Å². The van der Waals surface area contributed by atoms with E-state index < -0.39 is 0 Å². The van der Waals surface area contributed by atoms with Crippen LogP contribution in [0, 0.1) is 5.92 Å². The van der Waals surface area contributed by atoms with E-state index in [0.717, 1.165) is 23.9 Å². The zero-order chi connectivity index (χ0) is 14.9. The Kier molecular flexibility index (Phi) is 7.60. The van der Waals surface area contributed by atoms with Gasteiger partial charge in [-0.2, -0.15) is 0 Å². The van der Waals surface area contributed by atoms with E-state index in [4.69, 9.17) is 11.6 Å². The molecule has 2 rings (SSSR count). The number of hydrogen-bond acceptors (Lipinski definition) is 1. The lowest BCUT2D eigenvalue weighted by Gasteiger charge is -2.24. The highest BCUT2D eigenvalue weighted by Crippen LogP contribution is 2.27. The van der Waals surface area contributed by atoms with Gasteiger partial charge in [-0.3, -0.25) is 0 Å². The number of halogens is 1. The molecule has 1 atom stereocenters. The SMILES string of the molecule is CCCNC(Cc1ccc(Cl)cc1)CC1CCCCCC1. The van der Waals surface area contributed by atoms with Crippen molar-refractivity contribution in [3.8, 4) is 0 Å².